The summed E-state index contributed by atoms with van der Waals surface area (Å²) in [5.41, 5.74) is 0.276. The minimum atomic E-state index is 0.276. The maximum Gasteiger partial charge on any atom is 0.0635 e. The Bertz CT molecular complexity index is 212. The molecule has 3 aliphatic heterocycles. The van der Waals surface area contributed by atoms with Gasteiger partial charge in [-0.3, -0.25) is 9.80 Å². The van der Waals surface area contributed by atoms with Gasteiger partial charge in [-0.15, -0.1) is 0 Å². The quantitative estimate of drug-likeness (QED) is 0.572. The lowest BCUT2D eigenvalue weighted by Crippen LogP contribution is -2.61. The van der Waals surface area contributed by atoms with Crippen molar-refractivity contribution >= 4 is 0 Å². The summed E-state index contributed by atoms with van der Waals surface area (Å²) in [4.78, 5) is 5.05. The smallest absolute Gasteiger partial charge is 0.0635 e. The van der Waals surface area contributed by atoms with Crippen LogP contribution in [0.5, 0.6) is 0 Å². The predicted molar refractivity (Wildman–Crippen MR) is 57.5 cm³/mol. The molecule has 0 aromatic carbocycles. The van der Waals surface area contributed by atoms with Gasteiger partial charge in [-0.1, -0.05) is 0 Å². The normalized spacial score (nSPS) is 36.0. The zero-order valence-corrected chi connectivity index (χ0v) is 9.79. The minimum Gasteiger partial charge on any atom is -0.378 e. The molecule has 0 aromatic rings. The van der Waals surface area contributed by atoms with E-state index in [-0.39, 0.29) is 5.54 Å². The molecule has 3 saturated heterocycles. The van der Waals surface area contributed by atoms with Gasteiger partial charge in [0.25, 0.3) is 0 Å². The lowest BCUT2D eigenvalue weighted by Gasteiger charge is -2.47. The minimum absolute atomic E-state index is 0.276. The summed E-state index contributed by atoms with van der Waals surface area (Å²) in [5, 5.41) is 0. The third-order valence-corrected chi connectivity index (χ3v) is 3.45. The molecule has 14 heavy (non-hydrogen) atoms. The molecule has 3 fully saturated rings. The molecule has 3 nitrogen and oxygen atoms in total. The molecule has 2 atom stereocenters. The van der Waals surface area contributed by atoms with E-state index in [1.807, 2.05) is 0 Å². The Morgan fingerprint density at radius 3 is 2.36 bits per heavy atom. The number of nitrogens with zero attached hydrogens (tertiary/aromatic N) is 2. The van der Waals surface area contributed by atoms with E-state index in [1.54, 1.807) is 0 Å². The topological polar surface area (TPSA) is 15.7 Å². The number of hydrogen-bond donors (Lipinski definition) is 0. The Balaban J connectivity index is 2.16. The van der Waals surface area contributed by atoms with Gasteiger partial charge >= 0.3 is 0 Å². The van der Waals surface area contributed by atoms with Crippen LogP contribution in [-0.4, -0.2) is 60.8 Å². The van der Waals surface area contributed by atoms with Gasteiger partial charge in [0.1, 0.15) is 0 Å². The zero-order chi connectivity index (χ0) is 10.3. The average molecular weight is 198 g/mol. The second-order valence-corrected chi connectivity index (χ2v) is 5.61. The van der Waals surface area contributed by atoms with Crippen LogP contribution in [0.15, 0.2) is 0 Å². The van der Waals surface area contributed by atoms with Crippen molar-refractivity contribution in [3.63, 3.8) is 0 Å². The molecule has 82 valence electrons. The van der Waals surface area contributed by atoms with E-state index in [4.69, 9.17) is 4.74 Å². The van der Waals surface area contributed by atoms with Gasteiger partial charge in [-0.25, -0.2) is 0 Å². The standard InChI is InChI=1S/C11H22N2O/c1-11(2,3)13-6-9-7-14-8-10(13)5-12(9)4/h9-10H,5-8H2,1-4H3. The summed E-state index contributed by atoms with van der Waals surface area (Å²) in [7, 11) is 2.21. The van der Waals surface area contributed by atoms with E-state index in [9.17, 15) is 0 Å². The molecule has 0 aliphatic carbocycles. The van der Waals surface area contributed by atoms with E-state index >= 15 is 0 Å². The van der Waals surface area contributed by atoms with Crippen molar-refractivity contribution in [3.05, 3.63) is 0 Å². The van der Waals surface area contributed by atoms with Crippen molar-refractivity contribution in [2.24, 2.45) is 0 Å². The molecule has 3 heteroatoms. The SMILES string of the molecule is CN1CC2COCC1CN2C(C)(C)C. The molecule has 2 bridgehead atoms. The first kappa shape index (κ1) is 10.4. The van der Waals surface area contributed by atoms with E-state index in [0.29, 0.717) is 12.1 Å². The number of fused-ring (bicyclic) bond motifs is 4. The number of likely N-dealkylation sites (N-methyl/N-ethyl adjacent to an activating group) is 1. The van der Waals surface area contributed by atoms with Crippen LogP contribution < -0.4 is 0 Å². The molecule has 0 N–H and O–H groups in total. The molecule has 2 unspecified atom stereocenters. The molecule has 0 radical (unpaired) electrons. The fourth-order valence-corrected chi connectivity index (χ4v) is 2.58. The first-order valence-electron chi connectivity index (χ1n) is 5.53. The molecule has 0 spiro atoms. The second-order valence-electron chi connectivity index (χ2n) is 5.61. The third kappa shape index (κ3) is 1.81. The highest BCUT2D eigenvalue weighted by Crippen LogP contribution is 2.26. The van der Waals surface area contributed by atoms with E-state index in [1.165, 1.54) is 0 Å². The first-order chi connectivity index (χ1) is 6.48. The van der Waals surface area contributed by atoms with Gasteiger partial charge in [-0.05, 0) is 27.8 Å². The second kappa shape index (κ2) is 3.47. The maximum atomic E-state index is 5.69. The van der Waals surface area contributed by atoms with Gasteiger partial charge in [0, 0.05) is 30.7 Å². The summed E-state index contributed by atoms with van der Waals surface area (Å²) in [6.45, 7) is 11.0. The molecule has 0 amide bonds. The van der Waals surface area contributed by atoms with Crippen molar-refractivity contribution < 1.29 is 4.74 Å². The zero-order valence-electron chi connectivity index (χ0n) is 9.79. The van der Waals surface area contributed by atoms with Crippen molar-refractivity contribution in [2.45, 2.75) is 38.4 Å². The van der Waals surface area contributed by atoms with Gasteiger partial charge in [0.15, 0.2) is 0 Å². The van der Waals surface area contributed by atoms with E-state index in [2.05, 4.69) is 37.6 Å². The van der Waals surface area contributed by atoms with Gasteiger partial charge < -0.3 is 4.74 Å². The Hall–Kier alpha value is -0.120. The Labute approximate surface area is 87.0 Å². The van der Waals surface area contributed by atoms with Crippen LogP contribution in [0.4, 0.5) is 0 Å². The summed E-state index contributed by atoms with van der Waals surface area (Å²) in [6, 6.07) is 1.17. The van der Waals surface area contributed by atoms with Gasteiger partial charge in [0.2, 0.25) is 0 Å². The first-order valence-corrected chi connectivity index (χ1v) is 5.53. The summed E-state index contributed by atoms with van der Waals surface area (Å²) in [6.07, 6.45) is 0. The largest absolute Gasteiger partial charge is 0.378 e. The summed E-state index contributed by atoms with van der Waals surface area (Å²) >= 11 is 0. The van der Waals surface area contributed by atoms with Gasteiger partial charge in [0.05, 0.1) is 13.2 Å². The van der Waals surface area contributed by atoms with Crippen molar-refractivity contribution in [3.8, 4) is 0 Å². The van der Waals surface area contributed by atoms with E-state index < -0.39 is 0 Å². The van der Waals surface area contributed by atoms with Crippen LogP contribution in [0, 0.1) is 0 Å². The highest BCUT2D eigenvalue weighted by Gasteiger charge is 2.39. The lowest BCUT2D eigenvalue weighted by atomic mass is 9.99. The maximum absolute atomic E-state index is 5.69. The van der Waals surface area contributed by atoms with Crippen LogP contribution >= 0.6 is 0 Å². The van der Waals surface area contributed by atoms with Crippen molar-refractivity contribution in [1.29, 1.82) is 0 Å². The van der Waals surface area contributed by atoms with Crippen LogP contribution in [-0.2, 0) is 4.74 Å². The third-order valence-electron chi connectivity index (χ3n) is 3.45. The number of ether oxygens (including phenoxy) is 1. The number of hydrogen-bond acceptors (Lipinski definition) is 3. The molecule has 0 aromatic heterocycles. The van der Waals surface area contributed by atoms with Gasteiger partial charge in [-0.2, -0.15) is 0 Å². The van der Waals surface area contributed by atoms with Crippen LogP contribution in [0.3, 0.4) is 0 Å². The average Bonchev–Trinajstić information content (AvgIpc) is 2.33. The monoisotopic (exact) mass is 198 g/mol. The Kier molecular flexibility index (Phi) is 2.58. The molecular weight excluding hydrogens is 176 g/mol. The predicted octanol–water partition coefficient (Wildman–Crippen LogP) is 0.800. The number of rotatable bonds is 0. The van der Waals surface area contributed by atoms with Crippen LogP contribution in [0.25, 0.3) is 0 Å². The number of piperazine rings is 1. The fraction of sp³-hybridized carbons (Fsp3) is 1.00. The summed E-state index contributed by atoms with van der Waals surface area (Å²) < 4.78 is 5.69. The molecular formula is C11H22N2O. The van der Waals surface area contributed by atoms with Crippen molar-refractivity contribution in [1.82, 2.24) is 9.80 Å². The van der Waals surface area contributed by atoms with E-state index in [0.717, 1.165) is 26.3 Å². The van der Waals surface area contributed by atoms with Crippen LogP contribution in [0.2, 0.25) is 0 Å². The Morgan fingerprint density at radius 1 is 1.07 bits per heavy atom. The molecule has 3 heterocycles. The van der Waals surface area contributed by atoms with Crippen molar-refractivity contribution in [2.75, 3.05) is 33.4 Å². The fourth-order valence-electron chi connectivity index (χ4n) is 2.58. The Morgan fingerprint density at radius 2 is 1.71 bits per heavy atom. The van der Waals surface area contributed by atoms with Crippen LogP contribution in [0.1, 0.15) is 20.8 Å². The summed E-state index contributed by atoms with van der Waals surface area (Å²) in [5.74, 6) is 0. The lowest BCUT2D eigenvalue weighted by molar-refractivity contribution is 0.00476. The molecule has 0 saturated carbocycles. The molecule has 3 rings (SSSR count). The highest BCUT2D eigenvalue weighted by molar-refractivity contribution is 4.95. The molecule has 3 aliphatic rings. The highest BCUT2D eigenvalue weighted by atomic mass is 16.5.